The van der Waals surface area contributed by atoms with E-state index >= 15 is 0 Å². The fourth-order valence-corrected chi connectivity index (χ4v) is 3.64. The van der Waals surface area contributed by atoms with Crippen molar-refractivity contribution in [2.45, 2.75) is 13.2 Å². The van der Waals surface area contributed by atoms with Crippen molar-refractivity contribution < 1.29 is 14.2 Å². The number of hydrazone groups is 1. The van der Waals surface area contributed by atoms with Gasteiger partial charge < -0.3 is 19.6 Å². The molecule has 0 saturated heterocycles. The van der Waals surface area contributed by atoms with E-state index in [0.29, 0.717) is 29.7 Å². The predicted molar refractivity (Wildman–Crippen MR) is 134 cm³/mol. The Morgan fingerprint density at radius 3 is 2.33 bits per heavy atom. The van der Waals surface area contributed by atoms with E-state index in [1.807, 2.05) is 60.7 Å². The first-order chi connectivity index (χ1) is 16.2. The third-order valence-electron chi connectivity index (χ3n) is 5.25. The van der Waals surface area contributed by atoms with Crippen LogP contribution in [0.15, 0.2) is 84.0 Å². The van der Waals surface area contributed by atoms with Crippen molar-refractivity contribution in [3.63, 3.8) is 0 Å². The van der Waals surface area contributed by atoms with E-state index in [9.17, 15) is 0 Å². The Balaban J connectivity index is 1.52. The Kier molecular flexibility index (Phi) is 7.33. The van der Waals surface area contributed by atoms with Gasteiger partial charge in [0.1, 0.15) is 12.4 Å². The molecule has 0 aliphatic carbocycles. The van der Waals surface area contributed by atoms with E-state index in [2.05, 4.69) is 28.7 Å². The molecule has 0 aliphatic rings. The molecule has 4 rings (SSSR count). The highest BCUT2D eigenvalue weighted by Gasteiger charge is 2.08. The van der Waals surface area contributed by atoms with Crippen LogP contribution in [0, 0.1) is 0 Å². The molecule has 0 spiro atoms. The number of nitrogens with zero attached hydrogens (tertiary/aromatic N) is 1. The van der Waals surface area contributed by atoms with Crippen molar-refractivity contribution in [1.82, 2.24) is 5.43 Å². The summed E-state index contributed by atoms with van der Waals surface area (Å²) in [5.74, 6) is 2.15. The quantitative estimate of drug-likeness (QED) is 0.238. The smallest absolute Gasteiger partial charge is 0.161 e. The second-order valence-electron chi connectivity index (χ2n) is 7.40. The zero-order valence-corrected chi connectivity index (χ0v) is 19.3. The van der Waals surface area contributed by atoms with Crippen LogP contribution in [-0.2, 0) is 13.2 Å². The fraction of sp³-hybridized carbons (Fsp3) is 0.148. The molecule has 0 fully saturated rings. The van der Waals surface area contributed by atoms with Crippen LogP contribution in [0.25, 0.3) is 10.8 Å². The maximum absolute atomic E-state index is 6.15. The monoisotopic (exact) mass is 460 g/mol. The van der Waals surface area contributed by atoms with Gasteiger partial charge in [-0.05, 0) is 52.2 Å². The topological polar surface area (TPSA) is 52.1 Å². The number of hydrogen-bond acceptors (Lipinski definition) is 5. The lowest BCUT2D eigenvalue weighted by molar-refractivity contribution is 0.306. The summed E-state index contributed by atoms with van der Waals surface area (Å²) in [5.41, 5.74) is 6.11. The first kappa shape index (κ1) is 22.5. The molecule has 5 nitrogen and oxygen atoms in total. The fourth-order valence-electron chi connectivity index (χ4n) is 3.51. The number of benzene rings is 4. The Bertz CT molecular complexity index is 1260. The number of halogens is 1. The van der Waals surface area contributed by atoms with Gasteiger partial charge in [-0.1, -0.05) is 60.1 Å². The van der Waals surface area contributed by atoms with Gasteiger partial charge in [-0.3, -0.25) is 0 Å². The Morgan fingerprint density at radius 2 is 1.55 bits per heavy atom. The minimum absolute atomic E-state index is 0.440. The summed E-state index contributed by atoms with van der Waals surface area (Å²) in [6.45, 7) is 0.984. The van der Waals surface area contributed by atoms with Crippen molar-refractivity contribution in [1.29, 1.82) is 0 Å². The molecule has 4 aromatic rings. The second kappa shape index (κ2) is 10.7. The van der Waals surface area contributed by atoms with Gasteiger partial charge in [0.2, 0.25) is 0 Å². The maximum atomic E-state index is 6.15. The summed E-state index contributed by atoms with van der Waals surface area (Å²) in [6, 6.07) is 25.6. The minimum atomic E-state index is 0.440. The molecular weight excluding hydrogens is 436 g/mol. The van der Waals surface area contributed by atoms with Crippen molar-refractivity contribution in [3.8, 4) is 17.2 Å². The summed E-state index contributed by atoms with van der Waals surface area (Å²) in [7, 11) is 3.25. The zero-order chi connectivity index (χ0) is 23.0. The molecule has 0 saturated carbocycles. The van der Waals surface area contributed by atoms with E-state index in [1.54, 1.807) is 20.4 Å². The Labute approximate surface area is 198 Å². The summed E-state index contributed by atoms with van der Waals surface area (Å²) in [5, 5.41) is 7.37. The standard InChI is InChI=1S/C27H25ClN2O3/c1-31-26-13-9-20(15-27(26)32-2)16-29-30-17-24-23-6-4-3-5-21(23)10-14-25(24)33-18-19-7-11-22(28)12-8-19/h3-15,17,29H,16,18H2,1-2H3/b30-17+. The number of hydrogen-bond donors (Lipinski definition) is 1. The van der Waals surface area contributed by atoms with Gasteiger partial charge in [0.05, 0.1) is 27.0 Å². The number of nitrogens with one attached hydrogen (secondary N) is 1. The molecule has 33 heavy (non-hydrogen) atoms. The van der Waals surface area contributed by atoms with Gasteiger partial charge in [0.25, 0.3) is 0 Å². The van der Waals surface area contributed by atoms with Gasteiger partial charge in [-0.15, -0.1) is 0 Å². The van der Waals surface area contributed by atoms with Crippen LogP contribution >= 0.6 is 11.6 Å². The Hall–Kier alpha value is -3.70. The molecule has 0 radical (unpaired) electrons. The summed E-state index contributed by atoms with van der Waals surface area (Å²) >= 11 is 5.99. The molecule has 0 aliphatic heterocycles. The zero-order valence-electron chi connectivity index (χ0n) is 18.5. The lowest BCUT2D eigenvalue weighted by atomic mass is 10.0. The van der Waals surface area contributed by atoms with Gasteiger partial charge >= 0.3 is 0 Å². The van der Waals surface area contributed by atoms with E-state index in [4.69, 9.17) is 25.8 Å². The molecule has 0 amide bonds. The molecule has 0 unspecified atom stereocenters. The van der Waals surface area contributed by atoms with Crippen LogP contribution in [0.5, 0.6) is 17.2 Å². The first-order valence-electron chi connectivity index (χ1n) is 10.5. The lowest BCUT2D eigenvalue weighted by Crippen LogP contribution is -2.07. The van der Waals surface area contributed by atoms with E-state index < -0.39 is 0 Å². The number of ether oxygens (including phenoxy) is 3. The summed E-state index contributed by atoms with van der Waals surface area (Å²) < 4.78 is 16.8. The second-order valence-corrected chi connectivity index (χ2v) is 7.83. The number of rotatable bonds is 9. The van der Waals surface area contributed by atoms with E-state index in [0.717, 1.165) is 33.2 Å². The molecule has 4 aromatic carbocycles. The highest BCUT2D eigenvalue weighted by molar-refractivity contribution is 6.30. The molecule has 168 valence electrons. The minimum Gasteiger partial charge on any atom is -0.493 e. The number of methoxy groups -OCH3 is 2. The van der Waals surface area contributed by atoms with E-state index in [-0.39, 0.29) is 0 Å². The molecule has 0 atom stereocenters. The van der Waals surface area contributed by atoms with Crippen LogP contribution in [0.2, 0.25) is 5.02 Å². The van der Waals surface area contributed by atoms with Crippen molar-refractivity contribution >= 4 is 28.6 Å². The summed E-state index contributed by atoms with van der Waals surface area (Å²) in [4.78, 5) is 0. The molecule has 0 bridgehead atoms. The van der Waals surface area contributed by atoms with Crippen molar-refractivity contribution in [2.75, 3.05) is 14.2 Å². The SMILES string of the molecule is COc1ccc(CN/N=C/c2c(OCc3ccc(Cl)cc3)ccc3ccccc23)cc1OC. The highest BCUT2D eigenvalue weighted by atomic mass is 35.5. The van der Waals surface area contributed by atoms with Gasteiger partial charge in [0.15, 0.2) is 11.5 Å². The maximum Gasteiger partial charge on any atom is 0.161 e. The predicted octanol–water partition coefficient (Wildman–Crippen LogP) is 6.21. The van der Waals surface area contributed by atoms with Crippen LogP contribution in [0.3, 0.4) is 0 Å². The van der Waals surface area contributed by atoms with Crippen molar-refractivity contribution in [2.24, 2.45) is 5.10 Å². The molecule has 1 N–H and O–H groups in total. The van der Waals surface area contributed by atoms with Crippen LogP contribution in [0.4, 0.5) is 0 Å². The van der Waals surface area contributed by atoms with Gasteiger partial charge in [0, 0.05) is 10.6 Å². The third kappa shape index (κ3) is 5.57. The average Bonchev–Trinajstić information content (AvgIpc) is 2.86. The lowest BCUT2D eigenvalue weighted by Gasteiger charge is -2.12. The van der Waals surface area contributed by atoms with Crippen LogP contribution in [0.1, 0.15) is 16.7 Å². The van der Waals surface area contributed by atoms with Crippen LogP contribution in [-0.4, -0.2) is 20.4 Å². The summed E-state index contributed by atoms with van der Waals surface area (Å²) in [6.07, 6.45) is 1.81. The van der Waals surface area contributed by atoms with Crippen molar-refractivity contribution in [3.05, 3.63) is 101 Å². The normalized spacial score (nSPS) is 11.0. The third-order valence-corrected chi connectivity index (χ3v) is 5.51. The molecular formula is C27H25ClN2O3. The first-order valence-corrected chi connectivity index (χ1v) is 10.9. The molecule has 0 heterocycles. The van der Waals surface area contributed by atoms with E-state index in [1.165, 1.54) is 0 Å². The molecule has 6 heteroatoms. The van der Waals surface area contributed by atoms with Gasteiger partial charge in [-0.2, -0.15) is 5.10 Å². The molecule has 0 aromatic heterocycles. The largest absolute Gasteiger partial charge is 0.493 e. The average molecular weight is 461 g/mol. The highest BCUT2D eigenvalue weighted by Crippen LogP contribution is 2.28. The van der Waals surface area contributed by atoms with Crippen LogP contribution < -0.4 is 19.6 Å². The van der Waals surface area contributed by atoms with Gasteiger partial charge in [-0.25, -0.2) is 0 Å². The number of fused-ring (bicyclic) bond motifs is 1. The Morgan fingerprint density at radius 1 is 0.818 bits per heavy atom.